The van der Waals surface area contributed by atoms with E-state index in [-0.39, 0.29) is 6.10 Å². The number of nitrogens with one attached hydrogen (secondary N) is 2. The van der Waals surface area contributed by atoms with E-state index < -0.39 is 0 Å². The van der Waals surface area contributed by atoms with Gasteiger partial charge in [0.1, 0.15) is 11.9 Å². The largest absolute Gasteiger partial charge is 0.489 e. The number of ether oxygens (including phenoxy) is 1. The van der Waals surface area contributed by atoms with E-state index in [1.807, 2.05) is 55.6 Å². The van der Waals surface area contributed by atoms with Gasteiger partial charge in [-0.15, -0.1) is 0 Å². The summed E-state index contributed by atoms with van der Waals surface area (Å²) < 4.78 is 5.96. The van der Waals surface area contributed by atoms with Gasteiger partial charge in [0.15, 0.2) is 5.96 Å². The van der Waals surface area contributed by atoms with Crippen LogP contribution in [0, 0.1) is 6.92 Å². The van der Waals surface area contributed by atoms with E-state index in [0.717, 1.165) is 22.6 Å². The molecule has 3 aromatic rings. The van der Waals surface area contributed by atoms with Gasteiger partial charge in [-0.2, -0.15) is 0 Å². The number of fused-ring (bicyclic) bond motifs is 1. The molecule has 0 fully saturated rings. The fourth-order valence-corrected chi connectivity index (χ4v) is 2.91. The summed E-state index contributed by atoms with van der Waals surface area (Å²) >= 11 is 0. The summed E-state index contributed by atoms with van der Waals surface area (Å²) in [5.41, 5.74) is 3.38. The van der Waals surface area contributed by atoms with Gasteiger partial charge in [0, 0.05) is 25.2 Å². The predicted octanol–water partition coefficient (Wildman–Crippen LogP) is 3.68. The normalized spacial score (nSPS) is 12.6. The Morgan fingerprint density at radius 3 is 2.78 bits per heavy atom. The first-order valence-corrected chi connectivity index (χ1v) is 9.16. The minimum atomic E-state index is 0.0205. The number of hydrogen-bond acceptors (Lipinski definition) is 3. The van der Waals surface area contributed by atoms with Crippen molar-refractivity contribution in [3.63, 3.8) is 0 Å². The Balaban J connectivity index is 1.53. The third kappa shape index (κ3) is 5.20. The van der Waals surface area contributed by atoms with E-state index in [0.29, 0.717) is 13.1 Å². The number of hydrogen-bond donors (Lipinski definition) is 2. The van der Waals surface area contributed by atoms with Crippen molar-refractivity contribution < 1.29 is 4.74 Å². The van der Waals surface area contributed by atoms with Crippen LogP contribution in [0.25, 0.3) is 10.9 Å². The number of benzene rings is 2. The maximum Gasteiger partial charge on any atom is 0.191 e. The van der Waals surface area contributed by atoms with Crippen LogP contribution < -0.4 is 15.4 Å². The highest BCUT2D eigenvalue weighted by atomic mass is 16.5. The van der Waals surface area contributed by atoms with Gasteiger partial charge in [0.2, 0.25) is 0 Å². The van der Waals surface area contributed by atoms with Crippen molar-refractivity contribution >= 4 is 16.9 Å². The van der Waals surface area contributed by atoms with Crippen LogP contribution in [0.5, 0.6) is 5.75 Å². The second-order valence-corrected chi connectivity index (χ2v) is 6.54. The maximum absolute atomic E-state index is 5.96. The molecule has 0 aliphatic heterocycles. The number of aliphatic imine (C=N–C) groups is 1. The first-order chi connectivity index (χ1) is 13.2. The summed E-state index contributed by atoms with van der Waals surface area (Å²) in [7, 11) is 1.77. The Kier molecular flexibility index (Phi) is 6.26. The average molecular weight is 362 g/mol. The van der Waals surface area contributed by atoms with Crippen LogP contribution in [0.2, 0.25) is 0 Å². The van der Waals surface area contributed by atoms with Crippen LogP contribution in [0.15, 0.2) is 65.8 Å². The highest BCUT2D eigenvalue weighted by Gasteiger charge is 2.07. The Bertz CT molecular complexity index is 918. The molecule has 1 heterocycles. The zero-order valence-corrected chi connectivity index (χ0v) is 16.1. The second kappa shape index (κ2) is 9.03. The lowest BCUT2D eigenvalue weighted by molar-refractivity contribution is 0.223. The van der Waals surface area contributed by atoms with Gasteiger partial charge in [0.25, 0.3) is 0 Å². The zero-order valence-electron chi connectivity index (χ0n) is 16.1. The Labute approximate surface area is 160 Å². The number of nitrogens with zero attached hydrogens (tertiary/aromatic N) is 2. The molecule has 0 saturated heterocycles. The van der Waals surface area contributed by atoms with Gasteiger partial charge >= 0.3 is 0 Å². The minimum Gasteiger partial charge on any atom is -0.489 e. The standard InChI is InChI=1S/C22H26N4O/c1-16-7-6-8-19(13-16)27-17(2)14-25-22(23-3)26-15-18-11-12-24-21-10-5-4-9-20(18)21/h4-13,17H,14-15H2,1-3H3,(H2,23,25,26). The molecule has 0 amide bonds. The summed E-state index contributed by atoms with van der Waals surface area (Å²) in [6.45, 7) is 5.43. The molecule has 0 aliphatic rings. The van der Waals surface area contributed by atoms with E-state index in [9.17, 15) is 0 Å². The number of aromatic nitrogens is 1. The average Bonchev–Trinajstić information content (AvgIpc) is 2.68. The number of rotatable bonds is 6. The summed E-state index contributed by atoms with van der Waals surface area (Å²) in [6, 6.07) is 18.3. The number of pyridine rings is 1. The first kappa shape index (κ1) is 18.7. The van der Waals surface area contributed by atoms with Crippen LogP contribution >= 0.6 is 0 Å². The summed E-state index contributed by atoms with van der Waals surface area (Å²) in [5, 5.41) is 7.83. The molecule has 0 radical (unpaired) electrons. The zero-order chi connectivity index (χ0) is 19.1. The molecule has 1 atom stereocenters. The van der Waals surface area contributed by atoms with E-state index in [2.05, 4.69) is 39.7 Å². The lowest BCUT2D eigenvalue weighted by Crippen LogP contribution is -2.41. The van der Waals surface area contributed by atoms with Crippen LogP contribution in [0.1, 0.15) is 18.1 Å². The minimum absolute atomic E-state index is 0.0205. The van der Waals surface area contributed by atoms with Crippen molar-refractivity contribution in [1.29, 1.82) is 0 Å². The van der Waals surface area contributed by atoms with Crippen LogP contribution in [0.4, 0.5) is 0 Å². The maximum atomic E-state index is 5.96. The molecule has 0 saturated carbocycles. The quantitative estimate of drug-likeness (QED) is 0.519. The fraction of sp³-hybridized carbons (Fsp3) is 0.273. The highest BCUT2D eigenvalue weighted by molar-refractivity contribution is 5.83. The molecule has 27 heavy (non-hydrogen) atoms. The molecule has 2 aromatic carbocycles. The molecule has 5 nitrogen and oxygen atoms in total. The lowest BCUT2D eigenvalue weighted by atomic mass is 10.1. The van der Waals surface area contributed by atoms with Gasteiger partial charge in [-0.05, 0) is 49.2 Å². The SMILES string of the molecule is CN=C(NCc1ccnc2ccccc12)NCC(C)Oc1cccc(C)c1. The van der Waals surface area contributed by atoms with E-state index >= 15 is 0 Å². The Morgan fingerprint density at radius 1 is 1.11 bits per heavy atom. The predicted molar refractivity (Wildman–Crippen MR) is 111 cm³/mol. The molecule has 2 N–H and O–H groups in total. The van der Waals surface area contributed by atoms with Crippen molar-refractivity contribution in [3.8, 4) is 5.75 Å². The molecule has 1 unspecified atom stereocenters. The number of aryl methyl sites for hydroxylation is 1. The van der Waals surface area contributed by atoms with Crippen LogP contribution in [-0.4, -0.2) is 30.6 Å². The third-order valence-corrected chi connectivity index (χ3v) is 4.29. The van der Waals surface area contributed by atoms with Crippen molar-refractivity contribution in [1.82, 2.24) is 15.6 Å². The van der Waals surface area contributed by atoms with E-state index in [1.54, 1.807) is 7.05 Å². The molecule has 1 aromatic heterocycles. The topological polar surface area (TPSA) is 58.5 Å². The lowest BCUT2D eigenvalue weighted by Gasteiger charge is -2.18. The summed E-state index contributed by atoms with van der Waals surface area (Å²) in [5.74, 6) is 1.63. The third-order valence-electron chi connectivity index (χ3n) is 4.29. The molecule has 0 aliphatic carbocycles. The Morgan fingerprint density at radius 2 is 1.96 bits per heavy atom. The van der Waals surface area contributed by atoms with E-state index in [4.69, 9.17) is 4.74 Å². The van der Waals surface area contributed by atoms with E-state index in [1.165, 1.54) is 11.1 Å². The van der Waals surface area contributed by atoms with Crippen molar-refractivity contribution in [3.05, 3.63) is 71.9 Å². The summed E-state index contributed by atoms with van der Waals surface area (Å²) in [6.07, 6.45) is 1.86. The first-order valence-electron chi connectivity index (χ1n) is 9.16. The van der Waals surface area contributed by atoms with Crippen molar-refractivity contribution in [2.24, 2.45) is 4.99 Å². The summed E-state index contributed by atoms with van der Waals surface area (Å²) in [4.78, 5) is 8.70. The fourth-order valence-electron chi connectivity index (χ4n) is 2.91. The van der Waals surface area contributed by atoms with Crippen molar-refractivity contribution in [2.45, 2.75) is 26.5 Å². The Hall–Kier alpha value is -3.08. The van der Waals surface area contributed by atoms with Gasteiger partial charge < -0.3 is 15.4 Å². The van der Waals surface area contributed by atoms with Gasteiger partial charge in [-0.1, -0.05) is 30.3 Å². The molecular formula is C22H26N4O. The number of para-hydroxylation sites is 1. The highest BCUT2D eigenvalue weighted by Crippen LogP contribution is 2.16. The molecule has 140 valence electrons. The molecule has 0 bridgehead atoms. The smallest absolute Gasteiger partial charge is 0.191 e. The number of guanidine groups is 1. The van der Waals surface area contributed by atoms with Gasteiger partial charge in [-0.25, -0.2) is 0 Å². The van der Waals surface area contributed by atoms with Crippen LogP contribution in [-0.2, 0) is 6.54 Å². The monoisotopic (exact) mass is 362 g/mol. The van der Waals surface area contributed by atoms with Crippen molar-refractivity contribution in [2.75, 3.05) is 13.6 Å². The molecule has 3 rings (SSSR count). The molecular weight excluding hydrogens is 336 g/mol. The van der Waals surface area contributed by atoms with Gasteiger partial charge in [0.05, 0.1) is 12.1 Å². The molecule has 5 heteroatoms. The van der Waals surface area contributed by atoms with Crippen LogP contribution in [0.3, 0.4) is 0 Å². The second-order valence-electron chi connectivity index (χ2n) is 6.54. The molecule has 0 spiro atoms. The van der Waals surface area contributed by atoms with Gasteiger partial charge in [-0.3, -0.25) is 9.98 Å².